The van der Waals surface area contributed by atoms with E-state index in [2.05, 4.69) is 5.01 Å². The van der Waals surface area contributed by atoms with Gasteiger partial charge in [-0.05, 0) is 36.2 Å². The zero-order valence-corrected chi connectivity index (χ0v) is 12.8. The Labute approximate surface area is 134 Å². The van der Waals surface area contributed by atoms with Crippen LogP contribution in [0.3, 0.4) is 0 Å². The number of amides is 2. The average molecular weight is 314 g/mol. The molecule has 0 unspecified atom stereocenters. The lowest BCUT2D eigenvalue weighted by Crippen LogP contribution is -2.32. The first kappa shape index (κ1) is 13.6. The van der Waals surface area contributed by atoms with Crippen LogP contribution < -0.4 is 4.90 Å². The van der Waals surface area contributed by atoms with E-state index in [1.165, 1.54) is 0 Å². The maximum Gasteiger partial charge on any atom is 0.340 e. The van der Waals surface area contributed by atoms with E-state index in [0.717, 1.165) is 30.8 Å². The lowest BCUT2D eigenvalue weighted by Gasteiger charge is -2.28. The van der Waals surface area contributed by atoms with Gasteiger partial charge in [0.2, 0.25) is 0 Å². The zero-order valence-electron chi connectivity index (χ0n) is 12.0. The number of urea groups is 1. The molecule has 0 aromatic heterocycles. The fourth-order valence-electron chi connectivity index (χ4n) is 3.25. The van der Waals surface area contributed by atoms with Gasteiger partial charge in [0.15, 0.2) is 0 Å². The normalized spacial score (nSPS) is 21.5. The Morgan fingerprint density at radius 1 is 0.955 bits per heavy atom. The molecule has 2 aliphatic rings. The van der Waals surface area contributed by atoms with Crippen molar-refractivity contribution in [1.82, 2.24) is 10.0 Å². The van der Waals surface area contributed by atoms with Crippen LogP contribution in [0.25, 0.3) is 0 Å². The molecule has 5 heteroatoms. The van der Waals surface area contributed by atoms with E-state index in [0.29, 0.717) is 5.02 Å². The second kappa shape index (κ2) is 5.30. The lowest BCUT2D eigenvalue weighted by molar-refractivity contribution is 0.0728. The average Bonchev–Trinajstić information content (AvgIpc) is 3.12. The summed E-state index contributed by atoms with van der Waals surface area (Å²) in [5.74, 6) is 0. The van der Waals surface area contributed by atoms with Crippen LogP contribution in [0.4, 0.5) is 10.5 Å². The van der Waals surface area contributed by atoms with Crippen LogP contribution in [-0.4, -0.2) is 29.1 Å². The molecular formula is C17H16ClN3O. The quantitative estimate of drug-likeness (QED) is 0.840. The number of hydrazine groups is 1. The van der Waals surface area contributed by atoms with Crippen molar-refractivity contribution in [2.24, 2.45) is 0 Å². The second-order valence-corrected chi connectivity index (χ2v) is 5.99. The summed E-state index contributed by atoms with van der Waals surface area (Å²) in [6.07, 6.45) is 0.910. The topological polar surface area (TPSA) is 26.8 Å². The maximum absolute atomic E-state index is 12.8. The summed E-state index contributed by atoms with van der Waals surface area (Å²) in [4.78, 5) is 14.7. The highest BCUT2D eigenvalue weighted by Gasteiger charge is 2.47. The van der Waals surface area contributed by atoms with E-state index < -0.39 is 0 Å². The van der Waals surface area contributed by atoms with Crippen molar-refractivity contribution in [2.45, 2.75) is 12.6 Å². The molecule has 0 spiro atoms. The molecule has 0 radical (unpaired) electrons. The Bertz CT molecular complexity index is 689. The molecule has 112 valence electrons. The van der Waals surface area contributed by atoms with E-state index in [4.69, 9.17) is 11.6 Å². The van der Waals surface area contributed by atoms with Gasteiger partial charge >= 0.3 is 6.03 Å². The van der Waals surface area contributed by atoms with Gasteiger partial charge in [-0.2, -0.15) is 5.01 Å². The Kier molecular flexibility index (Phi) is 3.28. The maximum atomic E-state index is 12.8. The number of nitrogens with zero attached hydrogens (tertiary/aromatic N) is 3. The van der Waals surface area contributed by atoms with Gasteiger partial charge < -0.3 is 0 Å². The minimum absolute atomic E-state index is 0.0450. The number of hydrogen-bond acceptors (Lipinski definition) is 2. The van der Waals surface area contributed by atoms with Crippen LogP contribution in [0.15, 0.2) is 54.6 Å². The molecular weight excluding hydrogens is 298 g/mol. The van der Waals surface area contributed by atoms with E-state index in [1.54, 1.807) is 0 Å². The van der Waals surface area contributed by atoms with Crippen molar-refractivity contribution in [3.63, 3.8) is 0 Å². The van der Waals surface area contributed by atoms with Crippen LogP contribution in [0, 0.1) is 0 Å². The number of benzene rings is 2. The standard InChI is InChI=1S/C17H16ClN3O/c18-14-9-7-13(8-10-14)16-19-11-4-12-20(19)17(22)21(16)15-5-2-1-3-6-15/h1-3,5-10,16H,4,11-12H2/t16-/m1/s1. The highest BCUT2D eigenvalue weighted by atomic mass is 35.5. The number of hydrogen-bond donors (Lipinski definition) is 0. The number of halogens is 1. The molecule has 0 bridgehead atoms. The number of carbonyl (C=O) groups excluding carboxylic acids is 1. The third kappa shape index (κ3) is 2.07. The molecule has 2 amide bonds. The molecule has 2 aliphatic heterocycles. The van der Waals surface area contributed by atoms with Crippen molar-refractivity contribution >= 4 is 23.3 Å². The Morgan fingerprint density at radius 3 is 2.41 bits per heavy atom. The molecule has 4 rings (SSSR count). The van der Waals surface area contributed by atoms with Gasteiger partial charge in [-0.15, -0.1) is 0 Å². The first-order chi connectivity index (χ1) is 10.8. The van der Waals surface area contributed by atoms with E-state index >= 15 is 0 Å². The monoisotopic (exact) mass is 313 g/mol. The third-order valence-corrected chi connectivity index (χ3v) is 4.48. The predicted octanol–water partition coefficient (Wildman–Crippen LogP) is 3.90. The first-order valence-electron chi connectivity index (χ1n) is 7.43. The van der Waals surface area contributed by atoms with Gasteiger partial charge in [-0.1, -0.05) is 41.9 Å². The minimum Gasteiger partial charge on any atom is -0.271 e. The Hall–Kier alpha value is -2.04. The summed E-state index contributed by atoms with van der Waals surface area (Å²) in [5, 5.41) is 4.71. The first-order valence-corrected chi connectivity index (χ1v) is 7.81. The van der Waals surface area contributed by atoms with Crippen LogP contribution >= 0.6 is 11.6 Å². The van der Waals surface area contributed by atoms with Gasteiger partial charge in [0.05, 0.1) is 0 Å². The second-order valence-electron chi connectivity index (χ2n) is 5.55. The van der Waals surface area contributed by atoms with Crippen molar-refractivity contribution in [3.8, 4) is 0 Å². The number of carbonyl (C=O) groups is 1. The van der Waals surface area contributed by atoms with Gasteiger partial charge in [0.25, 0.3) is 0 Å². The van der Waals surface area contributed by atoms with Crippen LogP contribution in [0.2, 0.25) is 5.02 Å². The van der Waals surface area contributed by atoms with Crippen LogP contribution in [0.1, 0.15) is 18.2 Å². The lowest BCUT2D eigenvalue weighted by atomic mass is 10.1. The molecule has 2 fully saturated rings. The molecule has 0 aliphatic carbocycles. The fourth-order valence-corrected chi connectivity index (χ4v) is 3.38. The minimum atomic E-state index is -0.102. The van der Waals surface area contributed by atoms with E-state index in [1.807, 2.05) is 64.5 Å². The summed E-state index contributed by atoms with van der Waals surface area (Å²) in [5.41, 5.74) is 1.99. The van der Waals surface area contributed by atoms with Gasteiger partial charge in [0.1, 0.15) is 6.17 Å². The third-order valence-electron chi connectivity index (χ3n) is 4.22. The summed E-state index contributed by atoms with van der Waals surface area (Å²) >= 11 is 6.01. The smallest absolute Gasteiger partial charge is 0.271 e. The van der Waals surface area contributed by atoms with E-state index in [9.17, 15) is 4.79 Å². The molecule has 2 aromatic rings. The predicted molar refractivity (Wildman–Crippen MR) is 86.5 cm³/mol. The van der Waals surface area contributed by atoms with Crippen LogP contribution in [0.5, 0.6) is 0 Å². The molecule has 2 saturated heterocycles. The number of rotatable bonds is 2. The zero-order chi connectivity index (χ0) is 15.1. The summed E-state index contributed by atoms with van der Waals surface area (Å²) in [6, 6.07) is 17.6. The summed E-state index contributed by atoms with van der Waals surface area (Å²) in [7, 11) is 0. The van der Waals surface area contributed by atoms with Crippen molar-refractivity contribution in [2.75, 3.05) is 18.0 Å². The Balaban J connectivity index is 1.80. The fraction of sp³-hybridized carbons (Fsp3) is 0.235. The largest absolute Gasteiger partial charge is 0.340 e. The number of para-hydroxylation sites is 1. The van der Waals surface area contributed by atoms with Crippen molar-refractivity contribution in [1.29, 1.82) is 0 Å². The van der Waals surface area contributed by atoms with Gasteiger partial charge in [-0.3, -0.25) is 9.91 Å². The highest BCUT2D eigenvalue weighted by Crippen LogP contribution is 2.40. The van der Waals surface area contributed by atoms with Crippen molar-refractivity contribution in [3.05, 3.63) is 65.2 Å². The highest BCUT2D eigenvalue weighted by molar-refractivity contribution is 6.30. The Morgan fingerprint density at radius 2 is 1.68 bits per heavy atom. The molecule has 1 atom stereocenters. The molecule has 2 heterocycles. The number of anilines is 1. The van der Waals surface area contributed by atoms with Gasteiger partial charge in [-0.25, -0.2) is 4.79 Å². The van der Waals surface area contributed by atoms with E-state index in [-0.39, 0.29) is 12.2 Å². The molecule has 4 nitrogen and oxygen atoms in total. The summed E-state index contributed by atoms with van der Waals surface area (Å²) in [6.45, 7) is 1.68. The molecule has 0 saturated carbocycles. The molecule has 0 N–H and O–H groups in total. The molecule has 2 aromatic carbocycles. The van der Waals surface area contributed by atoms with Crippen LogP contribution in [-0.2, 0) is 0 Å². The molecule has 22 heavy (non-hydrogen) atoms. The SMILES string of the molecule is O=C1N(c2ccccc2)[C@H](c2ccc(Cl)cc2)N2CCCN12. The number of fused-ring (bicyclic) bond motifs is 1. The summed E-state index contributed by atoms with van der Waals surface area (Å²) < 4.78 is 0. The van der Waals surface area contributed by atoms with Gasteiger partial charge in [0, 0.05) is 23.8 Å². The van der Waals surface area contributed by atoms with Crippen molar-refractivity contribution < 1.29 is 4.79 Å².